The summed E-state index contributed by atoms with van der Waals surface area (Å²) in [6.45, 7) is 2.14. The third-order valence-electron chi connectivity index (χ3n) is 4.46. The number of nitrogens with zero attached hydrogens (tertiary/aromatic N) is 3. The molecule has 0 radical (unpaired) electrons. The van der Waals surface area contributed by atoms with Gasteiger partial charge >= 0.3 is 6.09 Å². The molecule has 2 atom stereocenters. The first-order valence-electron chi connectivity index (χ1n) is 7.98. The van der Waals surface area contributed by atoms with E-state index in [1.165, 1.54) is 23.3 Å². The SMILES string of the molecule is COc1ccc(CN(C2CC(C)N(C(=O)O)C2)S(=O)(=O)N(C)C)cc1. The maximum atomic E-state index is 12.8. The Morgan fingerprint density at radius 2 is 1.92 bits per heavy atom. The van der Waals surface area contributed by atoms with E-state index in [0.29, 0.717) is 12.2 Å². The number of ether oxygens (including phenoxy) is 1. The zero-order chi connectivity index (χ0) is 18.8. The molecule has 1 N–H and O–H groups in total. The molecule has 2 unspecified atom stereocenters. The number of hydrogen-bond acceptors (Lipinski definition) is 4. The van der Waals surface area contributed by atoms with Crippen LogP contribution in [0.4, 0.5) is 4.79 Å². The number of likely N-dealkylation sites (tertiary alicyclic amines) is 1. The van der Waals surface area contributed by atoms with E-state index in [-0.39, 0.29) is 19.1 Å². The van der Waals surface area contributed by atoms with E-state index in [1.807, 2.05) is 12.1 Å². The molecule has 1 aromatic rings. The lowest BCUT2D eigenvalue weighted by atomic mass is 10.1. The smallest absolute Gasteiger partial charge is 0.407 e. The zero-order valence-corrected chi connectivity index (χ0v) is 15.7. The van der Waals surface area contributed by atoms with Gasteiger partial charge in [0, 0.05) is 39.3 Å². The summed E-state index contributed by atoms with van der Waals surface area (Å²) < 4.78 is 33.2. The molecule has 1 saturated heterocycles. The topological polar surface area (TPSA) is 90.4 Å². The van der Waals surface area contributed by atoms with Crippen LogP contribution in [0.25, 0.3) is 0 Å². The van der Waals surface area contributed by atoms with Crippen molar-refractivity contribution in [3.8, 4) is 5.75 Å². The van der Waals surface area contributed by atoms with Gasteiger partial charge < -0.3 is 14.7 Å². The molecule has 9 heteroatoms. The molecule has 0 saturated carbocycles. The van der Waals surface area contributed by atoms with Crippen LogP contribution in [-0.2, 0) is 16.8 Å². The first-order chi connectivity index (χ1) is 11.7. The molecule has 0 aliphatic carbocycles. The summed E-state index contributed by atoms with van der Waals surface area (Å²) in [5.74, 6) is 0.692. The summed E-state index contributed by atoms with van der Waals surface area (Å²) in [7, 11) is 0.826. The van der Waals surface area contributed by atoms with Crippen LogP contribution in [0.1, 0.15) is 18.9 Å². The second-order valence-corrected chi connectivity index (χ2v) is 8.45. The van der Waals surface area contributed by atoms with E-state index in [0.717, 1.165) is 9.87 Å². The second-order valence-electron chi connectivity index (χ2n) is 6.36. The minimum absolute atomic E-state index is 0.166. The minimum Gasteiger partial charge on any atom is -0.497 e. The monoisotopic (exact) mass is 371 g/mol. The molecule has 0 aromatic heterocycles. The van der Waals surface area contributed by atoms with Crippen molar-refractivity contribution in [1.29, 1.82) is 0 Å². The molecule has 1 aliphatic rings. The molecule has 1 fully saturated rings. The van der Waals surface area contributed by atoms with Gasteiger partial charge in [-0.2, -0.15) is 17.0 Å². The molecule has 1 aromatic carbocycles. The summed E-state index contributed by atoms with van der Waals surface area (Å²) in [5, 5.41) is 9.28. The van der Waals surface area contributed by atoms with Crippen molar-refractivity contribution >= 4 is 16.3 Å². The van der Waals surface area contributed by atoms with Gasteiger partial charge in [0.1, 0.15) is 5.75 Å². The normalized spacial score (nSPS) is 21.1. The lowest BCUT2D eigenvalue weighted by Crippen LogP contribution is -2.47. The molecule has 1 heterocycles. The lowest BCUT2D eigenvalue weighted by molar-refractivity contribution is 0.141. The van der Waals surface area contributed by atoms with Gasteiger partial charge in [0.05, 0.1) is 7.11 Å². The van der Waals surface area contributed by atoms with E-state index < -0.39 is 22.3 Å². The molecule has 140 valence electrons. The van der Waals surface area contributed by atoms with Crippen LogP contribution in [0.3, 0.4) is 0 Å². The largest absolute Gasteiger partial charge is 0.497 e. The number of benzene rings is 1. The Hall–Kier alpha value is -1.84. The first-order valence-corrected chi connectivity index (χ1v) is 9.38. The molecule has 1 amide bonds. The predicted molar refractivity (Wildman–Crippen MR) is 93.7 cm³/mol. The number of carbonyl (C=O) groups is 1. The maximum absolute atomic E-state index is 12.8. The van der Waals surface area contributed by atoms with Gasteiger partial charge in [-0.3, -0.25) is 0 Å². The fourth-order valence-electron chi connectivity index (χ4n) is 3.00. The van der Waals surface area contributed by atoms with Crippen molar-refractivity contribution in [2.45, 2.75) is 32.0 Å². The van der Waals surface area contributed by atoms with Crippen LogP contribution in [0, 0.1) is 0 Å². The fourth-order valence-corrected chi connectivity index (χ4v) is 4.26. The van der Waals surface area contributed by atoms with Crippen LogP contribution in [0.15, 0.2) is 24.3 Å². The van der Waals surface area contributed by atoms with Crippen LogP contribution >= 0.6 is 0 Å². The van der Waals surface area contributed by atoms with Crippen molar-refractivity contribution in [2.24, 2.45) is 0 Å². The van der Waals surface area contributed by atoms with Crippen molar-refractivity contribution in [1.82, 2.24) is 13.5 Å². The molecule has 0 spiro atoms. The standard InChI is InChI=1S/C16H25N3O5S/c1-12-9-14(11-18(12)16(20)21)19(25(22,23)17(2)3)10-13-5-7-15(24-4)8-6-13/h5-8,12,14H,9-11H2,1-4H3,(H,20,21). The molecule has 8 nitrogen and oxygen atoms in total. The molecule has 0 bridgehead atoms. The highest BCUT2D eigenvalue weighted by molar-refractivity contribution is 7.86. The quantitative estimate of drug-likeness (QED) is 0.817. The number of rotatable bonds is 6. The summed E-state index contributed by atoms with van der Waals surface area (Å²) >= 11 is 0. The molecular formula is C16H25N3O5S. The predicted octanol–water partition coefficient (Wildman–Crippen LogP) is 1.44. The van der Waals surface area contributed by atoms with Crippen molar-refractivity contribution < 1.29 is 23.1 Å². The van der Waals surface area contributed by atoms with Gasteiger partial charge in [-0.1, -0.05) is 12.1 Å². The van der Waals surface area contributed by atoms with Crippen molar-refractivity contribution in [3.05, 3.63) is 29.8 Å². The summed E-state index contributed by atoms with van der Waals surface area (Å²) in [6.07, 6.45) is -0.558. The van der Waals surface area contributed by atoms with Crippen LogP contribution in [-0.4, -0.2) is 73.0 Å². The molecular weight excluding hydrogens is 346 g/mol. The zero-order valence-electron chi connectivity index (χ0n) is 14.9. The number of methoxy groups -OCH3 is 1. The van der Waals surface area contributed by atoms with Crippen LogP contribution in [0.5, 0.6) is 5.75 Å². The Bertz CT molecular complexity index is 705. The minimum atomic E-state index is -3.69. The van der Waals surface area contributed by atoms with E-state index in [4.69, 9.17) is 4.74 Å². The van der Waals surface area contributed by atoms with Crippen LogP contribution < -0.4 is 4.74 Å². The highest BCUT2D eigenvalue weighted by Crippen LogP contribution is 2.27. The Morgan fingerprint density at radius 1 is 1.32 bits per heavy atom. The molecule has 1 aliphatic heterocycles. The van der Waals surface area contributed by atoms with Gasteiger partial charge in [0.2, 0.25) is 0 Å². The number of carboxylic acid groups (broad SMARTS) is 1. The van der Waals surface area contributed by atoms with Gasteiger partial charge in [0.15, 0.2) is 0 Å². The van der Waals surface area contributed by atoms with E-state index in [1.54, 1.807) is 26.2 Å². The van der Waals surface area contributed by atoms with Gasteiger partial charge in [-0.25, -0.2) is 4.79 Å². The van der Waals surface area contributed by atoms with E-state index in [9.17, 15) is 18.3 Å². The Kier molecular flexibility index (Phi) is 5.91. The Balaban J connectivity index is 2.29. The highest BCUT2D eigenvalue weighted by atomic mass is 32.2. The van der Waals surface area contributed by atoms with Gasteiger partial charge in [-0.15, -0.1) is 0 Å². The summed E-state index contributed by atoms with van der Waals surface area (Å²) in [4.78, 5) is 12.6. The maximum Gasteiger partial charge on any atom is 0.407 e. The first kappa shape index (κ1) is 19.5. The summed E-state index contributed by atoms with van der Waals surface area (Å²) in [6, 6.07) is 6.54. The van der Waals surface area contributed by atoms with Crippen molar-refractivity contribution in [3.63, 3.8) is 0 Å². The Labute approximate surface area is 148 Å². The number of amides is 1. The molecule has 2 rings (SSSR count). The third-order valence-corrected chi connectivity index (χ3v) is 6.40. The summed E-state index contributed by atoms with van der Waals surface area (Å²) in [5.41, 5.74) is 0.813. The van der Waals surface area contributed by atoms with E-state index in [2.05, 4.69) is 0 Å². The average molecular weight is 371 g/mol. The van der Waals surface area contributed by atoms with Crippen LogP contribution in [0.2, 0.25) is 0 Å². The number of hydrogen-bond donors (Lipinski definition) is 1. The second kappa shape index (κ2) is 7.59. The van der Waals surface area contributed by atoms with E-state index >= 15 is 0 Å². The van der Waals surface area contributed by atoms with Gasteiger partial charge in [-0.05, 0) is 31.0 Å². The Morgan fingerprint density at radius 3 is 2.36 bits per heavy atom. The highest BCUT2D eigenvalue weighted by Gasteiger charge is 2.40. The van der Waals surface area contributed by atoms with Gasteiger partial charge in [0.25, 0.3) is 10.2 Å². The van der Waals surface area contributed by atoms with Crippen molar-refractivity contribution in [2.75, 3.05) is 27.7 Å². The average Bonchev–Trinajstić information content (AvgIpc) is 2.94. The molecule has 25 heavy (non-hydrogen) atoms. The third kappa shape index (κ3) is 4.23. The lowest BCUT2D eigenvalue weighted by Gasteiger charge is -2.30. The fraction of sp³-hybridized carbons (Fsp3) is 0.562.